The van der Waals surface area contributed by atoms with E-state index in [2.05, 4.69) is 40.6 Å². The zero-order valence-corrected chi connectivity index (χ0v) is 19.6. The SMILES string of the molecule is NCCN(C[C@H]1CC[C@@H]2[C@H](O1)c1cc(C(F)(F)F)ccc1N[C@H]2C1C=CC=CC1)c1ccccc1. The Morgan fingerprint density at radius 2 is 1.89 bits per heavy atom. The van der Waals surface area contributed by atoms with Crippen molar-refractivity contribution in [3.05, 3.63) is 84.0 Å². The van der Waals surface area contributed by atoms with E-state index in [4.69, 9.17) is 10.5 Å². The molecule has 2 aromatic carbocycles. The van der Waals surface area contributed by atoms with E-state index in [-0.39, 0.29) is 30.1 Å². The number of nitrogens with one attached hydrogen (secondary N) is 1. The Kier molecular flexibility index (Phi) is 6.89. The van der Waals surface area contributed by atoms with Gasteiger partial charge in [0.05, 0.1) is 17.8 Å². The van der Waals surface area contributed by atoms with E-state index in [0.717, 1.165) is 30.6 Å². The molecule has 0 amide bonds. The summed E-state index contributed by atoms with van der Waals surface area (Å²) in [5.41, 5.74) is 7.70. The van der Waals surface area contributed by atoms with Crippen LogP contribution >= 0.6 is 0 Å². The molecule has 1 aliphatic carbocycles. The monoisotopic (exact) mass is 483 g/mol. The lowest BCUT2D eigenvalue weighted by Gasteiger charge is -2.48. The molecule has 7 heteroatoms. The van der Waals surface area contributed by atoms with Crippen molar-refractivity contribution >= 4 is 11.4 Å². The standard InChI is InChI=1S/C28H32F3N3O/c29-28(30,31)20-11-14-25-24(17-20)27-23(26(33-25)19-7-3-1-4-8-19)13-12-22(35-27)18-34(16-15-32)21-9-5-2-6-10-21/h1-7,9-11,14,17,19,22-23,26-27,33H,8,12-13,15-16,18,32H2/t19?,22-,23+,26+,27+/m1/s1. The minimum atomic E-state index is -4.39. The molecular formula is C28H32F3N3O. The van der Waals surface area contributed by atoms with E-state index in [1.165, 1.54) is 12.1 Å². The van der Waals surface area contributed by atoms with Crippen molar-refractivity contribution in [3.8, 4) is 0 Å². The summed E-state index contributed by atoms with van der Waals surface area (Å²) in [4.78, 5) is 2.21. The number of para-hydroxylation sites is 1. The Morgan fingerprint density at radius 3 is 2.60 bits per heavy atom. The molecule has 0 spiro atoms. The zero-order chi connectivity index (χ0) is 24.4. The lowest BCUT2D eigenvalue weighted by molar-refractivity contribution is -0.138. The van der Waals surface area contributed by atoms with Crippen molar-refractivity contribution in [1.29, 1.82) is 0 Å². The summed E-state index contributed by atoms with van der Waals surface area (Å²) in [6.45, 7) is 1.86. The lowest BCUT2D eigenvalue weighted by Crippen LogP contribution is -2.49. The minimum absolute atomic E-state index is 0.0917. The van der Waals surface area contributed by atoms with Crippen LogP contribution in [0.5, 0.6) is 0 Å². The Bertz CT molecular complexity index is 1070. The second-order valence-corrected chi connectivity index (χ2v) is 9.67. The number of halogens is 3. The first-order valence-electron chi connectivity index (χ1n) is 12.4. The second kappa shape index (κ2) is 10.1. The van der Waals surface area contributed by atoms with Crippen LogP contribution in [0.1, 0.15) is 36.5 Å². The Hall–Kier alpha value is -2.77. The number of fused-ring (bicyclic) bond motifs is 3. The minimum Gasteiger partial charge on any atom is -0.381 e. The van der Waals surface area contributed by atoms with Gasteiger partial charge in [0.2, 0.25) is 0 Å². The number of hydrogen-bond acceptors (Lipinski definition) is 4. The maximum absolute atomic E-state index is 13.6. The molecule has 5 rings (SSSR count). The van der Waals surface area contributed by atoms with Gasteiger partial charge in [0, 0.05) is 54.5 Å². The quantitative estimate of drug-likeness (QED) is 0.535. The molecule has 0 saturated carbocycles. The number of nitrogens with two attached hydrogens (primary N) is 1. The van der Waals surface area contributed by atoms with Gasteiger partial charge in [0.25, 0.3) is 0 Å². The Morgan fingerprint density at radius 1 is 1.06 bits per heavy atom. The predicted octanol–water partition coefficient (Wildman–Crippen LogP) is 5.93. The highest BCUT2D eigenvalue weighted by atomic mass is 19.4. The third-order valence-electron chi connectivity index (χ3n) is 7.44. The van der Waals surface area contributed by atoms with Crippen molar-refractivity contribution in [1.82, 2.24) is 0 Å². The van der Waals surface area contributed by atoms with Crippen LogP contribution in [0.2, 0.25) is 0 Å². The highest BCUT2D eigenvalue weighted by molar-refractivity contribution is 5.58. The van der Waals surface area contributed by atoms with Gasteiger partial charge in [-0.2, -0.15) is 13.2 Å². The van der Waals surface area contributed by atoms with E-state index in [1.807, 2.05) is 24.3 Å². The number of rotatable bonds is 6. The smallest absolute Gasteiger partial charge is 0.381 e. The van der Waals surface area contributed by atoms with E-state index < -0.39 is 11.7 Å². The van der Waals surface area contributed by atoms with Crippen molar-refractivity contribution in [2.75, 3.05) is 29.9 Å². The molecule has 1 unspecified atom stereocenters. The molecule has 2 aromatic rings. The van der Waals surface area contributed by atoms with Crippen LogP contribution in [0, 0.1) is 11.8 Å². The normalized spacial score (nSPS) is 27.6. The van der Waals surface area contributed by atoms with E-state index in [9.17, 15) is 13.2 Å². The van der Waals surface area contributed by atoms with Crippen molar-refractivity contribution in [2.45, 2.75) is 43.7 Å². The first-order chi connectivity index (χ1) is 16.9. The molecule has 5 atom stereocenters. The Labute approximate surface area is 204 Å². The van der Waals surface area contributed by atoms with Crippen LogP contribution in [0.15, 0.2) is 72.8 Å². The predicted molar refractivity (Wildman–Crippen MR) is 133 cm³/mol. The lowest BCUT2D eigenvalue weighted by atomic mass is 9.73. The van der Waals surface area contributed by atoms with Crippen LogP contribution < -0.4 is 16.0 Å². The van der Waals surface area contributed by atoms with Crippen LogP contribution in [-0.4, -0.2) is 31.8 Å². The van der Waals surface area contributed by atoms with Crippen LogP contribution in [0.25, 0.3) is 0 Å². The van der Waals surface area contributed by atoms with Crippen LogP contribution in [0.4, 0.5) is 24.5 Å². The molecule has 4 nitrogen and oxygen atoms in total. The summed E-state index contributed by atoms with van der Waals surface area (Å²) in [6.07, 6.45) is 6.25. The summed E-state index contributed by atoms with van der Waals surface area (Å²) in [7, 11) is 0. The largest absolute Gasteiger partial charge is 0.416 e. The maximum atomic E-state index is 13.6. The number of nitrogens with zero attached hydrogens (tertiary/aromatic N) is 1. The first kappa shape index (κ1) is 23.9. The van der Waals surface area contributed by atoms with E-state index in [1.54, 1.807) is 6.07 Å². The molecule has 0 radical (unpaired) electrons. The number of ether oxygens (including phenoxy) is 1. The summed E-state index contributed by atoms with van der Waals surface area (Å²) in [6, 6.07) is 14.2. The third kappa shape index (κ3) is 5.11. The number of allylic oxidation sites excluding steroid dienone is 3. The van der Waals surface area contributed by atoms with Gasteiger partial charge in [0.15, 0.2) is 0 Å². The fourth-order valence-electron chi connectivity index (χ4n) is 5.76. The number of alkyl halides is 3. The van der Waals surface area contributed by atoms with Crippen molar-refractivity contribution in [3.63, 3.8) is 0 Å². The van der Waals surface area contributed by atoms with Gasteiger partial charge in [-0.05, 0) is 49.6 Å². The topological polar surface area (TPSA) is 50.5 Å². The molecule has 35 heavy (non-hydrogen) atoms. The molecular weight excluding hydrogens is 451 g/mol. The highest BCUT2D eigenvalue weighted by Gasteiger charge is 2.45. The van der Waals surface area contributed by atoms with Gasteiger partial charge in [-0.3, -0.25) is 0 Å². The van der Waals surface area contributed by atoms with Crippen LogP contribution in [0.3, 0.4) is 0 Å². The molecule has 2 aliphatic heterocycles. The number of hydrogen-bond donors (Lipinski definition) is 2. The van der Waals surface area contributed by atoms with Gasteiger partial charge in [-0.15, -0.1) is 0 Å². The molecule has 3 aliphatic rings. The van der Waals surface area contributed by atoms with Gasteiger partial charge in [-0.1, -0.05) is 42.5 Å². The summed E-state index contributed by atoms with van der Waals surface area (Å²) < 4.78 is 47.4. The maximum Gasteiger partial charge on any atom is 0.416 e. The van der Waals surface area contributed by atoms with Crippen LogP contribution in [-0.2, 0) is 10.9 Å². The Balaban J connectivity index is 1.44. The van der Waals surface area contributed by atoms with Gasteiger partial charge >= 0.3 is 6.18 Å². The fourth-order valence-corrected chi connectivity index (χ4v) is 5.76. The summed E-state index contributed by atoms with van der Waals surface area (Å²) >= 11 is 0. The van der Waals surface area contributed by atoms with E-state index in [0.29, 0.717) is 25.2 Å². The van der Waals surface area contributed by atoms with Crippen molar-refractivity contribution < 1.29 is 17.9 Å². The highest BCUT2D eigenvalue weighted by Crippen LogP contribution is 2.49. The van der Waals surface area contributed by atoms with Gasteiger partial charge < -0.3 is 20.7 Å². The second-order valence-electron chi connectivity index (χ2n) is 9.67. The van der Waals surface area contributed by atoms with Crippen molar-refractivity contribution in [2.24, 2.45) is 17.6 Å². The molecule has 2 heterocycles. The summed E-state index contributed by atoms with van der Waals surface area (Å²) in [5.74, 6) is 0.379. The zero-order valence-electron chi connectivity index (χ0n) is 19.6. The number of benzene rings is 2. The summed E-state index contributed by atoms with van der Waals surface area (Å²) in [5, 5.41) is 3.59. The molecule has 1 saturated heterocycles. The van der Waals surface area contributed by atoms with Gasteiger partial charge in [-0.25, -0.2) is 0 Å². The molecule has 0 bridgehead atoms. The average Bonchev–Trinajstić information content (AvgIpc) is 2.88. The molecule has 186 valence electrons. The molecule has 1 fully saturated rings. The first-order valence-corrected chi connectivity index (χ1v) is 12.4. The third-order valence-corrected chi connectivity index (χ3v) is 7.44. The average molecular weight is 484 g/mol. The number of anilines is 2. The van der Waals surface area contributed by atoms with Gasteiger partial charge in [0.1, 0.15) is 0 Å². The molecule has 3 N–H and O–H groups in total. The molecule has 0 aromatic heterocycles. The van der Waals surface area contributed by atoms with E-state index >= 15 is 0 Å². The fraction of sp³-hybridized carbons (Fsp3) is 0.429.